The van der Waals surface area contributed by atoms with E-state index in [-0.39, 0.29) is 11.8 Å². The standard InChI is InChI=1S/C41H48O2/c1-28(30-15-7-3-8-16-30)40-36(34(23-25-38(40)42)32-19-11-5-12-20-32)27-37-35(33-21-13-6-14-22-33)24-26-39(43)41(37)29(2)31-17-9-4-10-18-31/h3-4,7-10,15-18,23-26,28-29,32-33,42-43H,5-6,11-14,19-22,27H2,1-2H3. The number of phenols is 2. The van der Waals surface area contributed by atoms with Crippen LogP contribution in [0.3, 0.4) is 0 Å². The zero-order valence-corrected chi connectivity index (χ0v) is 26.1. The molecule has 0 bridgehead atoms. The molecule has 2 N–H and O–H groups in total. The maximum absolute atomic E-state index is 11.6. The fraction of sp³-hybridized carbons (Fsp3) is 0.415. The van der Waals surface area contributed by atoms with Gasteiger partial charge in [-0.25, -0.2) is 0 Å². The molecule has 6 rings (SSSR count). The molecular formula is C41H48O2. The lowest BCUT2D eigenvalue weighted by molar-refractivity contribution is 0.434. The van der Waals surface area contributed by atoms with E-state index >= 15 is 0 Å². The quantitative estimate of drug-likeness (QED) is 0.220. The van der Waals surface area contributed by atoms with E-state index in [1.807, 2.05) is 12.1 Å². The molecule has 0 saturated heterocycles. The Hall–Kier alpha value is -3.52. The fourth-order valence-corrected chi connectivity index (χ4v) is 8.28. The topological polar surface area (TPSA) is 40.5 Å². The van der Waals surface area contributed by atoms with Crippen molar-refractivity contribution in [3.05, 3.63) is 129 Å². The molecule has 224 valence electrons. The van der Waals surface area contributed by atoms with Crippen molar-refractivity contribution in [1.29, 1.82) is 0 Å². The van der Waals surface area contributed by atoms with Crippen molar-refractivity contribution in [3.8, 4) is 11.5 Å². The van der Waals surface area contributed by atoms with Crippen LogP contribution >= 0.6 is 0 Å². The van der Waals surface area contributed by atoms with E-state index in [2.05, 4.69) is 86.6 Å². The predicted octanol–water partition coefficient (Wildman–Crippen LogP) is 11.1. The van der Waals surface area contributed by atoms with Crippen LogP contribution in [0.1, 0.15) is 146 Å². The average molecular weight is 573 g/mol. The Morgan fingerprint density at radius 2 is 0.884 bits per heavy atom. The first-order chi connectivity index (χ1) is 21.0. The highest BCUT2D eigenvalue weighted by atomic mass is 16.3. The van der Waals surface area contributed by atoms with Crippen molar-refractivity contribution < 1.29 is 10.2 Å². The van der Waals surface area contributed by atoms with E-state index in [0.717, 1.165) is 17.5 Å². The Morgan fingerprint density at radius 1 is 0.512 bits per heavy atom. The van der Waals surface area contributed by atoms with E-state index in [1.165, 1.54) is 97.6 Å². The minimum Gasteiger partial charge on any atom is -0.508 e. The number of benzene rings is 4. The second kappa shape index (κ2) is 13.4. The lowest BCUT2D eigenvalue weighted by Gasteiger charge is -2.31. The molecule has 0 aliphatic heterocycles. The van der Waals surface area contributed by atoms with Gasteiger partial charge in [0.25, 0.3) is 0 Å². The van der Waals surface area contributed by atoms with Gasteiger partial charge in [0.2, 0.25) is 0 Å². The molecule has 2 atom stereocenters. The molecular weight excluding hydrogens is 524 g/mol. The average Bonchev–Trinajstić information content (AvgIpc) is 3.06. The highest BCUT2D eigenvalue weighted by Gasteiger charge is 2.30. The molecule has 2 aliphatic rings. The third kappa shape index (κ3) is 6.26. The molecule has 0 spiro atoms. The summed E-state index contributed by atoms with van der Waals surface area (Å²) in [5.74, 6) is 1.93. The van der Waals surface area contributed by atoms with Crippen LogP contribution in [0.4, 0.5) is 0 Å². The van der Waals surface area contributed by atoms with Gasteiger partial charge in [0.1, 0.15) is 11.5 Å². The SMILES string of the molecule is CC(c1ccccc1)c1c(O)ccc(C2CCCCC2)c1Cc1c(C2CCCCC2)ccc(O)c1C(C)c1ccccc1. The zero-order valence-electron chi connectivity index (χ0n) is 26.1. The van der Waals surface area contributed by atoms with Crippen molar-refractivity contribution in [1.82, 2.24) is 0 Å². The van der Waals surface area contributed by atoms with Crippen LogP contribution in [-0.2, 0) is 6.42 Å². The van der Waals surface area contributed by atoms with E-state index in [4.69, 9.17) is 0 Å². The van der Waals surface area contributed by atoms with E-state index < -0.39 is 0 Å². The van der Waals surface area contributed by atoms with Gasteiger partial charge in [0, 0.05) is 23.0 Å². The Balaban J connectivity index is 1.57. The summed E-state index contributed by atoms with van der Waals surface area (Å²) in [4.78, 5) is 0. The number of hydrogen-bond acceptors (Lipinski definition) is 2. The third-order valence-electron chi connectivity index (χ3n) is 10.6. The number of aromatic hydroxyl groups is 2. The van der Waals surface area contributed by atoms with E-state index in [0.29, 0.717) is 23.3 Å². The molecule has 2 heteroatoms. The lowest BCUT2D eigenvalue weighted by atomic mass is 9.73. The van der Waals surface area contributed by atoms with Crippen LogP contribution in [0, 0.1) is 0 Å². The molecule has 2 saturated carbocycles. The summed E-state index contributed by atoms with van der Waals surface area (Å²) < 4.78 is 0. The maximum atomic E-state index is 11.6. The van der Waals surface area contributed by atoms with Crippen molar-refractivity contribution >= 4 is 0 Å². The predicted molar refractivity (Wildman–Crippen MR) is 179 cm³/mol. The van der Waals surface area contributed by atoms with Gasteiger partial charge in [-0.2, -0.15) is 0 Å². The largest absolute Gasteiger partial charge is 0.508 e. The normalized spacial score (nSPS) is 17.9. The first-order valence-electron chi connectivity index (χ1n) is 16.8. The minimum absolute atomic E-state index is 0.0603. The molecule has 0 heterocycles. The molecule has 0 radical (unpaired) electrons. The second-order valence-electron chi connectivity index (χ2n) is 13.2. The molecule has 2 nitrogen and oxygen atoms in total. The van der Waals surface area contributed by atoms with E-state index in [1.54, 1.807) is 0 Å². The third-order valence-corrected chi connectivity index (χ3v) is 10.6. The van der Waals surface area contributed by atoms with Gasteiger partial charge < -0.3 is 10.2 Å². The van der Waals surface area contributed by atoms with Gasteiger partial charge in [0.05, 0.1) is 0 Å². The molecule has 0 aromatic heterocycles. The summed E-state index contributed by atoms with van der Waals surface area (Å²) in [5.41, 5.74) is 9.95. The molecule has 0 amide bonds. The van der Waals surface area contributed by atoms with Crippen LogP contribution in [-0.4, -0.2) is 10.2 Å². The summed E-state index contributed by atoms with van der Waals surface area (Å²) in [6, 6.07) is 29.7. The highest BCUT2D eigenvalue weighted by Crippen LogP contribution is 2.47. The number of hydrogen-bond donors (Lipinski definition) is 2. The van der Waals surface area contributed by atoms with Crippen molar-refractivity contribution in [3.63, 3.8) is 0 Å². The molecule has 4 aromatic carbocycles. The molecule has 2 unspecified atom stereocenters. The van der Waals surface area contributed by atoms with E-state index in [9.17, 15) is 10.2 Å². The van der Waals surface area contributed by atoms with Crippen molar-refractivity contribution in [2.45, 2.75) is 108 Å². The van der Waals surface area contributed by atoms with Crippen LogP contribution in [0.15, 0.2) is 84.9 Å². The van der Waals surface area contributed by atoms with Gasteiger partial charge in [-0.1, -0.05) is 125 Å². The van der Waals surface area contributed by atoms with Gasteiger partial charge >= 0.3 is 0 Å². The second-order valence-corrected chi connectivity index (χ2v) is 13.2. The van der Waals surface area contributed by atoms with Crippen molar-refractivity contribution in [2.24, 2.45) is 0 Å². The zero-order chi connectivity index (χ0) is 29.8. The van der Waals surface area contributed by atoms with Crippen molar-refractivity contribution in [2.75, 3.05) is 0 Å². The number of rotatable bonds is 8. The number of phenolic OH excluding ortho intramolecular Hbond substituents is 2. The first-order valence-corrected chi connectivity index (χ1v) is 16.8. The molecule has 4 aromatic rings. The summed E-state index contributed by atoms with van der Waals surface area (Å²) in [6.07, 6.45) is 13.3. The monoisotopic (exact) mass is 572 g/mol. The summed E-state index contributed by atoms with van der Waals surface area (Å²) in [5, 5.41) is 23.2. The smallest absolute Gasteiger partial charge is 0.119 e. The maximum Gasteiger partial charge on any atom is 0.119 e. The Labute approximate surface area is 258 Å². The van der Waals surface area contributed by atoms with Gasteiger partial charge in [-0.15, -0.1) is 0 Å². The summed E-state index contributed by atoms with van der Waals surface area (Å²) in [6.45, 7) is 4.49. The fourth-order valence-electron chi connectivity index (χ4n) is 8.28. The Morgan fingerprint density at radius 3 is 1.26 bits per heavy atom. The minimum atomic E-state index is 0.0603. The molecule has 2 aliphatic carbocycles. The van der Waals surface area contributed by atoms with Crippen LogP contribution < -0.4 is 0 Å². The molecule has 2 fully saturated rings. The van der Waals surface area contributed by atoms with Crippen LogP contribution in [0.25, 0.3) is 0 Å². The highest BCUT2D eigenvalue weighted by molar-refractivity contribution is 5.57. The first kappa shape index (κ1) is 29.5. The lowest BCUT2D eigenvalue weighted by Crippen LogP contribution is -2.16. The van der Waals surface area contributed by atoms with Gasteiger partial charge in [-0.3, -0.25) is 0 Å². The van der Waals surface area contributed by atoms with Gasteiger partial charge in [0.15, 0.2) is 0 Å². The summed E-state index contributed by atoms with van der Waals surface area (Å²) in [7, 11) is 0. The molecule has 43 heavy (non-hydrogen) atoms. The van der Waals surface area contributed by atoms with Crippen LogP contribution in [0.5, 0.6) is 11.5 Å². The Bertz CT molecular complexity index is 1380. The van der Waals surface area contributed by atoms with Gasteiger partial charge in [-0.05, 0) is 89.5 Å². The van der Waals surface area contributed by atoms with Crippen LogP contribution in [0.2, 0.25) is 0 Å². The Kier molecular flexibility index (Phi) is 9.22. The summed E-state index contributed by atoms with van der Waals surface area (Å²) >= 11 is 0.